The molecule has 0 N–H and O–H groups in total. The Hall–Kier alpha value is -2.87. The summed E-state index contributed by atoms with van der Waals surface area (Å²) in [5.41, 5.74) is 3.15. The highest BCUT2D eigenvalue weighted by Crippen LogP contribution is 2.34. The first kappa shape index (κ1) is 18.5. The van der Waals surface area contributed by atoms with Crippen LogP contribution in [0.3, 0.4) is 0 Å². The number of nitrogens with zero attached hydrogens (tertiary/aromatic N) is 4. The summed E-state index contributed by atoms with van der Waals surface area (Å²) in [6.45, 7) is 2.80. The Morgan fingerprint density at radius 2 is 1.96 bits per heavy atom. The van der Waals surface area contributed by atoms with Crippen molar-refractivity contribution in [3.63, 3.8) is 0 Å². The molecule has 0 aliphatic rings. The molecular formula is C19H14ClF3N4O. The van der Waals surface area contributed by atoms with Gasteiger partial charge in [0.1, 0.15) is 17.1 Å². The summed E-state index contributed by atoms with van der Waals surface area (Å²) in [7, 11) is 0. The standard InChI is InChI=1S/C19H14ClF3N4O/c1-10-16-9-25-17(27(16)18-15(26-10)4-3-7-24-18)13-8-12(5-6-14(13)20)28-11(2)19(21,22)23/h3-9,11H,1-2H3. The number of benzene rings is 1. The van der Waals surface area contributed by atoms with Crippen molar-refractivity contribution in [3.8, 4) is 17.1 Å². The van der Waals surface area contributed by atoms with E-state index in [4.69, 9.17) is 16.3 Å². The molecule has 0 aliphatic carbocycles. The lowest BCUT2D eigenvalue weighted by Gasteiger charge is -2.18. The summed E-state index contributed by atoms with van der Waals surface area (Å²) >= 11 is 6.34. The smallest absolute Gasteiger partial charge is 0.425 e. The first-order valence-electron chi connectivity index (χ1n) is 8.38. The lowest BCUT2D eigenvalue weighted by Crippen LogP contribution is -2.31. The van der Waals surface area contributed by atoms with Gasteiger partial charge in [0.05, 0.1) is 22.4 Å². The number of imidazole rings is 1. The van der Waals surface area contributed by atoms with Crippen molar-refractivity contribution in [2.45, 2.75) is 26.1 Å². The van der Waals surface area contributed by atoms with Gasteiger partial charge in [0.25, 0.3) is 0 Å². The summed E-state index contributed by atoms with van der Waals surface area (Å²) < 4.78 is 45.3. The zero-order valence-electron chi connectivity index (χ0n) is 14.8. The maximum absolute atomic E-state index is 12.8. The number of hydrogen-bond acceptors (Lipinski definition) is 4. The highest BCUT2D eigenvalue weighted by molar-refractivity contribution is 6.33. The van der Waals surface area contributed by atoms with Gasteiger partial charge in [0.2, 0.25) is 0 Å². The Labute approximate surface area is 162 Å². The Morgan fingerprint density at radius 1 is 1.18 bits per heavy atom. The highest BCUT2D eigenvalue weighted by atomic mass is 35.5. The summed E-state index contributed by atoms with van der Waals surface area (Å²) in [5, 5.41) is 0.332. The molecular weight excluding hydrogens is 393 g/mol. The minimum Gasteiger partial charge on any atom is -0.481 e. The third-order valence-electron chi connectivity index (χ3n) is 4.35. The van der Waals surface area contributed by atoms with Crippen LogP contribution >= 0.6 is 11.6 Å². The van der Waals surface area contributed by atoms with Crippen LogP contribution in [0.1, 0.15) is 12.6 Å². The molecule has 0 aliphatic heterocycles. The first-order valence-corrected chi connectivity index (χ1v) is 8.75. The Bertz CT molecular complexity index is 1190. The van der Waals surface area contributed by atoms with Crippen LogP contribution in [0.2, 0.25) is 5.02 Å². The maximum Gasteiger partial charge on any atom is 0.425 e. The summed E-state index contributed by atoms with van der Waals surface area (Å²) in [4.78, 5) is 13.3. The summed E-state index contributed by atoms with van der Waals surface area (Å²) in [6.07, 6.45) is -3.15. The van der Waals surface area contributed by atoms with Crippen LogP contribution in [0.4, 0.5) is 13.2 Å². The second-order valence-corrected chi connectivity index (χ2v) is 6.70. The van der Waals surface area contributed by atoms with Crippen LogP contribution < -0.4 is 4.74 Å². The molecule has 1 atom stereocenters. The zero-order chi connectivity index (χ0) is 20.1. The first-order chi connectivity index (χ1) is 13.3. The molecule has 4 rings (SSSR count). The predicted molar refractivity (Wildman–Crippen MR) is 99.6 cm³/mol. The Morgan fingerprint density at radius 3 is 2.71 bits per heavy atom. The van der Waals surface area contributed by atoms with Gasteiger partial charge in [0.15, 0.2) is 11.8 Å². The molecule has 1 aromatic carbocycles. The quantitative estimate of drug-likeness (QED) is 0.467. The molecule has 0 amide bonds. The highest BCUT2D eigenvalue weighted by Gasteiger charge is 2.38. The Kier molecular flexibility index (Phi) is 4.38. The van der Waals surface area contributed by atoms with Gasteiger partial charge in [-0.25, -0.2) is 15.0 Å². The molecule has 3 heterocycles. The molecule has 3 aromatic heterocycles. The van der Waals surface area contributed by atoms with Crippen molar-refractivity contribution in [3.05, 3.63) is 53.4 Å². The van der Waals surface area contributed by atoms with Crippen LogP contribution in [-0.2, 0) is 0 Å². The van der Waals surface area contributed by atoms with Crippen LogP contribution in [0.5, 0.6) is 5.75 Å². The number of ether oxygens (including phenoxy) is 1. The van der Waals surface area contributed by atoms with E-state index in [1.165, 1.54) is 18.2 Å². The summed E-state index contributed by atoms with van der Waals surface area (Å²) in [6, 6.07) is 7.93. The molecule has 144 valence electrons. The fourth-order valence-electron chi connectivity index (χ4n) is 2.92. The van der Waals surface area contributed by atoms with Gasteiger partial charge in [-0.2, -0.15) is 13.2 Å². The number of alkyl halides is 3. The van der Waals surface area contributed by atoms with Crippen molar-refractivity contribution < 1.29 is 17.9 Å². The molecule has 1 unspecified atom stereocenters. The van der Waals surface area contributed by atoms with Crippen LogP contribution in [0.15, 0.2) is 42.7 Å². The number of aryl methyl sites for hydroxylation is 1. The van der Waals surface area contributed by atoms with E-state index in [-0.39, 0.29) is 5.75 Å². The molecule has 0 saturated carbocycles. The van der Waals surface area contributed by atoms with Crippen LogP contribution in [0.25, 0.3) is 28.1 Å². The van der Waals surface area contributed by atoms with Crippen molar-refractivity contribution >= 4 is 28.3 Å². The number of rotatable bonds is 3. The molecule has 4 aromatic rings. The van der Waals surface area contributed by atoms with E-state index >= 15 is 0 Å². The second-order valence-electron chi connectivity index (χ2n) is 6.29. The van der Waals surface area contributed by atoms with Crippen molar-refractivity contribution in [1.82, 2.24) is 19.4 Å². The normalized spacial score (nSPS) is 13.2. The average molecular weight is 407 g/mol. The van der Waals surface area contributed by atoms with Crippen molar-refractivity contribution in [2.75, 3.05) is 0 Å². The van der Waals surface area contributed by atoms with Crippen LogP contribution in [-0.4, -0.2) is 31.6 Å². The monoisotopic (exact) mass is 406 g/mol. The molecule has 0 saturated heterocycles. The molecule has 28 heavy (non-hydrogen) atoms. The predicted octanol–water partition coefficient (Wildman–Crippen LogP) is 5.24. The lowest BCUT2D eigenvalue weighted by atomic mass is 10.2. The fraction of sp³-hybridized carbons (Fsp3) is 0.211. The van der Waals surface area contributed by atoms with Crippen molar-refractivity contribution in [2.24, 2.45) is 0 Å². The fourth-order valence-corrected chi connectivity index (χ4v) is 3.12. The largest absolute Gasteiger partial charge is 0.481 e. The van der Waals surface area contributed by atoms with Gasteiger partial charge in [-0.15, -0.1) is 0 Å². The number of aromatic nitrogens is 4. The number of hydrogen-bond donors (Lipinski definition) is 0. The second kappa shape index (κ2) is 6.63. The third-order valence-corrected chi connectivity index (χ3v) is 4.68. The van der Waals surface area contributed by atoms with Gasteiger partial charge in [0, 0.05) is 11.8 Å². The molecule has 0 bridgehead atoms. The van der Waals surface area contributed by atoms with E-state index in [0.717, 1.165) is 18.1 Å². The van der Waals surface area contributed by atoms with E-state index < -0.39 is 12.3 Å². The van der Waals surface area contributed by atoms with E-state index in [1.54, 1.807) is 22.9 Å². The van der Waals surface area contributed by atoms with Gasteiger partial charge >= 0.3 is 6.18 Å². The molecule has 5 nitrogen and oxygen atoms in total. The van der Waals surface area contributed by atoms with E-state index in [0.29, 0.717) is 27.6 Å². The van der Waals surface area contributed by atoms with E-state index in [2.05, 4.69) is 15.0 Å². The van der Waals surface area contributed by atoms with Gasteiger partial charge < -0.3 is 4.74 Å². The van der Waals surface area contributed by atoms with E-state index in [1.807, 2.05) is 13.0 Å². The minimum atomic E-state index is -4.47. The van der Waals surface area contributed by atoms with Crippen LogP contribution in [0, 0.1) is 6.92 Å². The van der Waals surface area contributed by atoms with Gasteiger partial charge in [-0.3, -0.25) is 4.40 Å². The molecule has 0 fully saturated rings. The third kappa shape index (κ3) is 3.13. The Balaban J connectivity index is 1.90. The maximum atomic E-state index is 12.8. The minimum absolute atomic E-state index is 0.0454. The topological polar surface area (TPSA) is 52.3 Å². The SMILES string of the molecule is Cc1nc2cccnc2n2c(-c3cc(OC(C)C(F)(F)F)ccc3Cl)ncc12. The van der Waals surface area contributed by atoms with Gasteiger partial charge in [-0.1, -0.05) is 11.6 Å². The zero-order valence-corrected chi connectivity index (χ0v) is 15.6. The number of pyridine rings is 1. The number of fused-ring (bicyclic) bond motifs is 3. The van der Waals surface area contributed by atoms with Gasteiger partial charge in [-0.05, 0) is 44.2 Å². The summed E-state index contributed by atoms with van der Waals surface area (Å²) in [5.74, 6) is 0.489. The lowest BCUT2D eigenvalue weighted by molar-refractivity contribution is -0.189. The van der Waals surface area contributed by atoms with E-state index in [9.17, 15) is 13.2 Å². The molecule has 9 heteroatoms. The average Bonchev–Trinajstić information content (AvgIpc) is 3.08. The molecule has 0 spiro atoms. The number of halogens is 4. The van der Waals surface area contributed by atoms with Crippen molar-refractivity contribution in [1.29, 1.82) is 0 Å². The molecule has 0 radical (unpaired) electrons.